The summed E-state index contributed by atoms with van der Waals surface area (Å²) in [5.74, 6) is -1.26. The molecule has 1 aliphatic rings. The molecule has 1 heterocycles. The lowest BCUT2D eigenvalue weighted by Crippen LogP contribution is -2.44. The number of carbonyl (C=O) groups is 3. The summed E-state index contributed by atoms with van der Waals surface area (Å²) in [4.78, 5) is 40.5. The Balaban J connectivity index is 1.75. The molecule has 0 unspecified atom stereocenters. The van der Waals surface area contributed by atoms with Crippen LogP contribution in [0.5, 0.6) is 0 Å². The van der Waals surface area contributed by atoms with E-state index in [1.54, 1.807) is 4.90 Å². The molecule has 0 aromatic heterocycles. The Hall–Kier alpha value is -3.45. The summed E-state index contributed by atoms with van der Waals surface area (Å²) in [6.07, 6.45) is 7.72. The molecule has 0 saturated carbocycles. The van der Waals surface area contributed by atoms with E-state index >= 15 is 0 Å². The van der Waals surface area contributed by atoms with Gasteiger partial charge in [-0.25, -0.2) is 0 Å². The van der Waals surface area contributed by atoms with Crippen LogP contribution >= 0.6 is 0 Å². The number of ether oxygens (including phenoxy) is 1. The normalized spacial score (nSPS) is 19.4. The molecule has 2 atom stereocenters. The van der Waals surface area contributed by atoms with Crippen LogP contribution in [0.25, 0.3) is 0 Å². The fourth-order valence-corrected chi connectivity index (χ4v) is 4.38. The number of esters is 1. The molecule has 7 heteroatoms. The second-order valence-corrected chi connectivity index (χ2v) is 9.46. The van der Waals surface area contributed by atoms with E-state index in [2.05, 4.69) is 5.32 Å². The number of hydrogen-bond donors (Lipinski definition) is 2. The Morgan fingerprint density at radius 3 is 2.38 bits per heavy atom. The van der Waals surface area contributed by atoms with Gasteiger partial charge in [0.05, 0.1) is 18.6 Å². The van der Waals surface area contributed by atoms with Gasteiger partial charge in [0.1, 0.15) is 6.61 Å². The highest BCUT2D eigenvalue weighted by Gasteiger charge is 2.26. The van der Waals surface area contributed by atoms with Gasteiger partial charge >= 0.3 is 5.97 Å². The van der Waals surface area contributed by atoms with E-state index in [1.807, 2.05) is 72.8 Å². The summed E-state index contributed by atoms with van der Waals surface area (Å²) in [5, 5.41) is 12.6. The number of aliphatic hydroxyl groups excluding tert-OH is 1. The standard InChI is InChI=1S/C30H38N2O5/c33-19-18-32(22-25-14-8-5-9-15-25)28(34)21-26-16-10-2-1-3-11-17-29(35)37-23-27(31-30(26)36)20-24-12-6-4-7-13-24/h2,4-10,12-15,26-27,33H,1,3,11,16-23H2,(H,31,36)/t26-,27-/m1/s1. The minimum Gasteiger partial charge on any atom is -0.463 e. The van der Waals surface area contributed by atoms with Crippen LogP contribution in [0.2, 0.25) is 0 Å². The first-order chi connectivity index (χ1) is 18.0. The van der Waals surface area contributed by atoms with Gasteiger partial charge in [0, 0.05) is 25.9 Å². The fraction of sp³-hybridized carbons (Fsp3) is 0.433. The van der Waals surface area contributed by atoms with Crippen LogP contribution in [-0.4, -0.2) is 53.6 Å². The number of rotatable bonds is 8. The van der Waals surface area contributed by atoms with Gasteiger partial charge in [0.25, 0.3) is 0 Å². The zero-order valence-electron chi connectivity index (χ0n) is 21.4. The third kappa shape index (κ3) is 10.2. The molecule has 2 amide bonds. The van der Waals surface area contributed by atoms with E-state index in [9.17, 15) is 19.5 Å². The molecule has 0 radical (unpaired) electrons. The second kappa shape index (κ2) is 15.6. The number of cyclic esters (lactones) is 1. The predicted molar refractivity (Wildman–Crippen MR) is 142 cm³/mol. The van der Waals surface area contributed by atoms with Gasteiger partial charge in [-0.1, -0.05) is 72.8 Å². The first-order valence-electron chi connectivity index (χ1n) is 13.1. The van der Waals surface area contributed by atoms with Crippen LogP contribution in [0.15, 0.2) is 72.8 Å². The quantitative estimate of drug-likeness (QED) is 0.419. The van der Waals surface area contributed by atoms with Crippen molar-refractivity contribution in [3.8, 4) is 0 Å². The molecular formula is C30H38N2O5. The van der Waals surface area contributed by atoms with Crippen LogP contribution in [0.3, 0.4) is 0 Å². The van der Waals surface area contributed by atoms with Crippen molar-refractivity contribution < 1.29 is 24.2 Å². The smallest absolute Gasteiger partial charge is 0.305 e. The summed E-state index contributed by atoms with van der Waals surface area (Å²) in [6.45, 7) is 0.502. The summed E-state index contributed by atoms with van der Waals surface area (Å²) in [7, 11) is 0. The highest BCUT2D eigenvalue weighted by molar-refractivity contribution is 5.86. The van der Waals surface area contributed by atoms with Gasteiger partial charge in [-0.3, -0.25) is 14.4 Å². The number of amides is 2. The van der Waals surface area contributed by atoms with E-state index in [1.165, 1.54) is 0 Å². The monoisotopic (exact) mass is 506 g/mol. The minimum atomic E-state index is -0.572. The molecule has 198 valence electrons. The van der Waals surface area contributed by atoms with Crippen molar-refractivity contribution in [1.29, 1.82) is 0 Å². The number of allylic oxidation sites excluding steroid dienone is 2. The Kier molecular flexibility index (Phi) is 11.9. The average Bonchev–Trinajstić information content (AvgIpc) is 2.91. The van der Waals surface area contributed by atoms with E-state index in [4.69, 9.17) is 4.74 Å². The van der Waals surface area contributed by atoms with Crippen molar-refractivity contribution in [1.82, 2.24) is 10.2 Å². The Labute approximate surface area is 219 Å². The summed E-state index contributed by atoms with van der Waals surface area (Å²) in [5.41, 5.74) is 1.99. The van der Waals surface area contributed by atoms with Gasteiger partial charge in [0.15, 0.2) is 0 Å². The highest BCUT2D eigenvalue weighted by atomic mass is 16.5. The number of nitrogens with zero attached hydrogens (tertiary/aromatic N) is 1. The molecule has 0 aliphatic carbocycles. The number of benzene rings is 2. The Morgan fingerprint density at radius 1 is 0.973 bits per heavy atom. The molecular weight excluding hydrogens is 468 g/mol. The van der Waals surface area contributed by atoms with Crippen molar-refractivity contribution >= 4 is 17.8 Å². The van der Waals surface area contributed by atoms with Crippen LogP contribution < -0.4 is 5.32 Å². The highest BCUT2D eigenvalue weighted by Crippen LogP contribution is 2.17. The third-order valence-corrected chi connectivity index (χ3v) is 6.44. The SMILES string of the molecule is O=C1CCCCC=CC[C@H](CC(=O)N(CCO)Cc2ccccc2)C(=O)N[C@H](Cc2ccccc2)CO1. The van der Waals surface area contributed by atoms with Gasteiger partial charge in [-0.05, 0) is 43.2 Å². The molecule has 2 aromatic rings. The lowest BCUT2D eigenvalue weighted by molar-refractivity contribution is -0.145. The predicted octanol–water partition coefficient (Wildman–Crippen LogP) is 3.80. The molecule has 0 spiro atoms. The maximum atomic E-state index is 13.4. The summed E-state index contributed by atoms with van der Waals surface area (Å²) in [6, 6.07) is 18.9. The Bertz CT molecular complexity index is 1010. The molecule has 1 aliphatic heterocycles. The summed E-state index contributed by atoms with van der Waals surface area (Å²) >= 11 is 0. The first kappa shape index (κ1) is 28.1. The zero-order valence-corrected chi connectivity index (χ0v) is 21.4. The average molecular weight is 507 g/mol. The number of carbonyl (C=O) groups excluding carboxylic acids is 3. The molecule has 2 aromatic carbocycles. The van der Waals surface area contributed by atoms with Crippen molar-refractivity contribution in [2.75, 3.05) is 19.8 Å². The van der Waals surface area contributed by atoms with Crippen molar-refractivity contribution in [2.45, 2.75) is 57.5 Å². The van der Waals surface area contributed by atoms with Gasteiger partial charge in [0.2, 0.25) is 11.8 Å². The topological polar surface area (TPSA) is 95.9 Å². The molecule has 37 heavy (non-hydrogen) atoms. The van der Waals surface area contributed by atoms with Crippen LogP contribution in [0.1, 0.15) is 49.7 Å². The third-order valence-electron chi connectivity index (χ3n) is 6.44. The van der Waals surface area contributed by atoms with E-state index in [-0.39, 0.29) is 44.0 Å². The van der Waals surface area contributed by atoms with E-state index in [0.29, 0.717) is 25.8 Å². The van der Waals surface area contributed by atoms with Crippen molar-refractivity contribution in [3.63, 3.8) is 0 Å². The summed E-state index contributed by atoms with van der Waals surface area (Å²) < 4.78 is 5.50. The molecule has 0 saturated heterocycles. The molecule has 0 fully saturated rings. The van der Waals surface area contributed by atoms with Crippen LogP contribution in [-0.2, 0) is 32.1 Å². The largest absolute Gasteiger partial charge is 0.463 e. The van der Waals surface area contributed by atoms with Crippen LogP contribution in [0.4, 0.5) is 0 Å². The zero-order chi connectivity index (χ0) is 26.3. The van der Waals surface area contributed by atoms with Gasteiger partial charge < -0.3 is 20.1 Å². The first-order valence-corrected chi connectivity index (χ1v) is 13.1. The van der Waals surface area contributed by atoms with E-state index in [0.717, 1.165) is 30.4 Å². The molecule has 2 N–H and O–H groups in total. The maximum Gasteiger partial charge on any atom is 0.305 e. The molecule has 3 rings (SSSR count). The lowest BCUT2D eigenvalue weighted by atomic mass is 9.97. The lowest BCUT2D eigenvalue weighted by Gasteiger charge is -2.26. The number of nitrogens with one attached hydrogen (secondary N) is 1. The number of hydrogen-bond acceptors (Lipinski definition) is 5. The minimum absolute atomic E-state index is 0.0286. The van der Waals surface area contributed by atoms with Crippen molar-refractivity contribution in [2.24, 2.45) is 5.92 Å². The van der Waals surface area contributed by atoms with Crippen LogP contribution in [0, 0.1) is 5.92 Å². The Morgan fingerprint density at radius 2 is 1.68 bits per heavy atom. The maximum absolute atomic E-state index is 13.4. The van der Waals surface area contributed by atoms with Crippen molar-refractivity contribution in [3.05, 3.63) is 83.9 Å². The van der Waals surface area contributed by atoms with Gasteiger partial charge in [-0.15, -0.1) is 0 Å². The number of aliphatic hydroxyl groups is 1. The fourth-order valence-electron chi connectivity index (χ4n) is 4.38. The molecule has 7 nitrogen and oxygen atoms in total. The second-order valence-electron chi connectivity index (χ2n) is 9.46. The van der Waals surface area contributed by atoms with Gasteiger partial charge in [-0.2, -0.15) is 0 Å². The molecule has 0 bridgehead atoms. The van der Waals surface area contributed by atoms with E-state index < -0.39 is 12.0 Å².